The number of amides is 1. The quantitative estimate of drug-likeness (QED) is 0.541. The fraction of sp³-hybridized carbons (Fsp3) is 0.615. The lowest BCUT2D eigenvalue weighted by Gasteiger charge is -2.32. The van der Waals surface area contributed by atoms with Crippen LogP contribution in [0.2, 0.25) is 0 Å². The molecule has 20 heavy (non-hydrogen) atoms. The van der Waals surface area contributed by atoms with Gasteiger partial charge in [0.2, 0.25) is 5.91 Å². The second-order valence-corrected chi connectivity index (χ2v) is 4.92. The molecule has 0 spiro atoms. The van der Waals surface area contributed by atoms with E-state index in [1.54, 1.807) is 7.05 Å². The number of piperidine rings is 1. The van der Waals surface area contributed by atoms with Crippen LogP contribution in [0.15, 0.2) is 6.07 Å². The number of nitrogens with one attached hydrogen (secondary N) is 2. The van der Waals surface area contributed by atoms with Crippen LogP contribution in [0.4, 0.5) is 11.6 Å². The molecule has 1 aliphatic rings. The summed E-state index contributed by atoms with van der Waals surface area (Å²) in [5, 5.41) is 2.72. The molecule has 7 nitrogen and oxygen atoms in total. The summed E-state index contributed by atoms with van der Waals surface area (Å²) in [4.78, 5) is 22.7. The first-order chi connectivity index (χ1) is 9.67. The average Bonchev–Trinajstić information content (AvgIpc) is 2.53. The third-order valence-electron chi connectivity index (χ3n) is 3.59. The van der Waals surface area contributed by atoms with Gasteiger partial charge in [0.15, 0.2) is 0 Å². The van der Waals surface area contributed by atoms with Gasteiger partial charge < -0.3 is 15.6 Å². The van der Waals surface area contributed by atoms with E-state index in [0.717, 1.165) is 37.4 Å². The Morgan fingerprint density at radius 3 is 3.00 bits per heavy atom. The average molecular weight is 278 g/mol. The Balaban J connectivity index is 2.19. The minimum atomic E-state index is 0.0167. The van der Waals surface area contributed by atoms with Crippen LogP contribution in [0.1, 0.15) is 25.6 Å². The molecule has 1 aliphatic heterocycles. The number of hydrogen-bond acceptors (Lipinski definition) is 6. The highest BCUT2D eigenvalue weighted by Gasteiger charge is 2.26. The topological polar surface area (TPSA) is 96.2 Å². The summed E-state index contributed by atoms with van der Waals surface area (Å²) in [6, 6.07) is 1.82. The lowest BCUT2D eigenvalue weighted by atomic mass is 9.97. The molecule has 1 aromatic heterocycles. The normalized spacial score (nSPS) is 18.8. The third-order valence-corrected chi connectivity index (χ3v) is 3.59. The van der Waals surface area contributed by atoms with Crippen molar-refractivity contribution in [2.45, 2.75) is 26.2 Å². The Kier molecular flexibility index (Phi) is 4.73. The van der Waals surface area contributed by atoms with E-state index < -0.39 is 0 Å². The van der Waals surface area contributed by atoms with Crippen LogP contribution in [0, 0.1) is 5.92 Å². The van der Waals surface area contributed by atoms with Gasteiger partial charge in [-0.05, 0) is 12.8 Å². The van der Waals surface area contributed by atoms with Crippen molar-refractivity contribution in [2.75, 3.05) is 30.5 Å². The smallest absolute Gasteiger partial charge is 0.224 e. The van der Waals surface area contributed by atoms with E-state index in [2.05, 4.69) is 25.6 Å². The van der Waals surface area contributed by atoms with Crippen molar-refractivity contribution >= 4 is 17.5 Å². The number of aromatic nitrogens is 2. The van der Waals surface area contributed by atoms with E-state index >= 15 is 0 Å². The molecule has 0 aromatic carbocycles. The Bertz CT molecular complexity index is 456. The van der Waals surface area contributed by atoms with E-state index in [9.17, 15) is 4.79 Å². The van der Waals surface area contributed by atoms with E-state index in [0.29, 0.717) is 12.4 Å². The zero-order valence-electron chi connectivity index (χ0n) is 12.0. The lowest BCUT2D eigenvalue weighted by Crippen LogP contribution is -2.42. The molecule has 2 rings (SSSR count). The molecule has 1 fully saturated rings. The Morgan fingerprint density at radius 1 is 1.55 bits per heavy atom. The Morgan fingerprint density at radius 2 is 2.35 bits per heavy atom. The molecular formula is C13H22N6O. The summed E-state index contributed by atoms with van der Waals surface area (Å²) in [5.41, 5.74) is 2.57. The summed E-state index contributed by atoms with van der Waals surface area (Å²) in [5.74, 6) is 7.74. The van der Waals surface area contributed by atoms with Crippen molar-refractivity contribution in [3.05, 3.63) is 11.9 Å². The van der Waals surface area contributed by atoms with E-state index in [1.165, 1.54) is 0 Å². The summed E-state index contributed by atoms with van der Waals surface area (Å²) < 4.78 is 0. The van der Waals surface area contributed by atoms with Gasteiger partial charge in [-0.3, -0.25) is 4.79 Å². The second kappa shape index (κ2) is 6.51. The number of anilines is 2. The van der Waals surface area contributed by atoms with E-state index in [1.807, 2.05) is 13.0 Å². The molecule has 110 valence electrons. The van der Waals surface area contributed by atoms with Gasteiger partial charge in [-0.25, -0.2) is 15.8 Å². The van der Waals surface area contributed by atoms with E-state index in [4.69, 9.17) is 5.84 Å². The number of carbonyl (C=O) groups excluding carboxylic acids is 1. The first kappa shape index (κ1) is 14.5. The number of nitrogens with zero attached hydrogens (tertiary/aromatic N) is 3. The number of hydrazine groups is 1. The predicted molar refractivity (Wildman–Crippen MR) is 78.2 cm³/mol. The number of rotatable bonds is 4. The van der Waals surface area contributed by atoms with Crippen LogP contribution in [0.5, 0.6) is 0 Å². The lowest BCUT2D eigenvalue weighted by molar-refractivity contribution is -0.124. The van der Waals surface area contributed by atoms with Gasteiger partial charge >= 0.3 is 0 Å². The molecule has 1 unspecified atom stereocenters. The van der Waals surface area contributed by atoms with Gasteiger partial charge in [0.1, 0.15) is 17.5 Å². The number of aryl methyl sites for hydroxylation is 1. The van der Waals surface area contributed by atoms with Gasteiger partial charge in [-0.1, -0.05) is 6.92 Å². The first-order valence-corrected chi connectivity index (χ1v) is 6.99. The van der Waals surface area contributed by atoms with Gasteiger partial charge in [0.25, 0.3) is 0 Å². The molecule has 1 saturated heterocycles. The molecule has 2 heterocycles. The standard InChI is InChI=1S/C13H22N6O/c1-3-10-16-11(18-14)7-12(17-10)19-6-4-5-9(8-19)13(20)15-2/h7,9H,3-6,8,14H2,1-2H3,(H,15,20)(H,16,17,18). The molecule has 1 aromatic rings. The molecule has 7 heteroatoms. The molecule has 0 radical (unpaired) electrons. The van der Waals surface area contributed by atoms with Gasteiger partial charge in [-0.15, -0.1) is 0 Å². The molecule has 0 bridgehead atoms. The monoisotopic (exact) mass is 278 g/mol. The predicted octanol–water partition coefficient (Wildman–Crippen LogP) is 0.287. The van der Waals surface area contributed by atoms with Crippen molar-refractivity contribution in [3.63, 3.8) is 0 Å². The maximum Gasteiger partial charge on any atom is 0.224 e. The van der Waals surface area contributed by atoms with E-state index in [-0.39, 0.29) is 11.8 Å². The fourth-order valence-electron chi connectivity index (χ4n) is 2.48. The molecule has 1 atom stereocenters. The molecular weight excluding hydrogens is 256 g/mol. The van der Waals surface area contributed by atoms with Crippen LogP contribution < -0.4 is 21.5 Å². The van der Waals surface area contributed by atoms with Gasteiger partial charge in [0.05, 0.1) is 5.92 Å². The van der Waals surface area contributed by atoms with Crippen molar-refractivity contribution in [1.82, 2.24) is 15.3 Å². The maximum absolute atomic E-state index is 11.8. The number of carbonyl (C=O) groups is 1. The van der Waals surface area contributed by atoms with Crippen molar-refractivity contribution in [2.24, 2.45) is 11.8 Å². The van der Waals surface area contributed by atoms with Crippen molar-refractivity contribution in [3.8, 4) is 0 Å². The number of nitrogen functional groups attached to an aromatic ring is 1. The van der Waals surface area contributed by atoms with Crippen LogP contribution in [-0.4, -0.2) is 36.0 Å². The first-order valence-electron chi connectivity index (χ1n) is 6.99. The molecule has 1 amide bonds. The minimum Gasteiger partial charge on any atom is -0.359 e. The summed E-state index contributed by atoms with van der Waals surface area (Å²) in [6.07, 6.45) is 2.65. The molecule has 4 N–H and O–H groups in total. The van der Waals surface area contributed by atoms with Crippen molar-refractivity contribution in [1.29, 1.82) is 0 Å². The highest BCUT2D eigenvalue weighted by atomic mass is 16.1. The molecule has 0 saturated carbocycles. The highest BCUT2D eigenvalue weighted by Crippen LogP contribution is 2.23. The fourth-order valence-corrected chi connectivity index (χ4v) is 2.48. The zero-order chi connectivity index (χ0) is 14.5. The van der Waals surface area contributed by atoms with Gasteiger partial charge in [-0.2, -0.15) is 0 Å². The van der Waals surface area contributed by atoms with Crippen LogP contribution >= 0.6 is 0 Å². The van der Waals surface area contributed by atoms with Crippen LogP contribution in [0.3, 0.4) is 0 Å². The summed E-state index contributed by atoms with van der Waals surface area (Å²) in [6.45, 7) is 3.59. The van der Waals surface area contributed by atoms with Gasteiger partial charge in [0, 0.05) is 32.6 Å². The SMILES string of the molecule is CCc1nc(NN)cc(N2CCCC(C(=O)NC)C2)n1. The van der Waals surface area contributed by atoms with Crippen LogP contribution in [-0.2, 0) is 11.2 Å². The Labute approximate surface area is 118 Å². The maximum atomic E-state index is 11.8. The molecule has 0 aliphatic carbocycles. The largest absolute Gasteiger partial charge is 0.359 e. The van der Waals surface area contributed by atoms with Crippen molar-refractivity contribution < 1.29 is 4.79 Å². The van der Waals surface area contributed by atoms with Crippen LogP contribution in [0.25, 0.3) is 0 Å². The highest BCUT2D eigenvalue weighted by molar-refractivity contribution is 5.79. The minimum absolute atomic E-state index is 0.0167. The number of nitrogens with two attached hydrogens (primary N) is 1. The zero-order valence-corrected chi connectivity index (χ0v) is 12.0. The second-order valence-electron chi connectivity index (χ2n) is 4.92. The number of hydrogen-bond donors (Lipinski definition) is 3. The summed E-state index contributed by atoms with van der Waals surface area (Å²) in [7, 11) is 1.68. The summed E-state index contributed by atoms with van der Waals surface area (Å²) >= 11 is 0. The third kappa shape index (κ3) is 3.16. The Hall–Kier alpha value is -1.89.